The van der Waals surface area contributed by atoms with Crippen LogP contribution in [0.3, 0.4) is 0 Å². The van der Waals surface area contributed by atoms with E-state index in [0.29, 0.717) is 17.3 Å². The number of aromatic nitrogens is 1. The van der Waals surface area contributed by atoms with Crippen LogP contribution in [-0.2, 0) is 19.4 Å². The summed E-state index contributed by atoms with van der Waals surface area (Å²) >= 11 is 8.30. The summed E-state index contributed by atoms with van der Waals surface area (Å²) in [6.45, 7) is 2.66. The van der Waals surface area contributed by atoms with Crippen LogP contribution in [0.15, 0.2) is 66.9 Å². The lowest BCUT2D eigenvalue weighted by Gasteiger charge is -2.31. The van der Waals surface area contributed by atoms with Gasteiger partial charge in [0, 0.05) is 16.6 Å². The van der Waals surface area contributed by atoms with Gasteiger partial charge in [-0.1, -0.05) is 53.6 Å². The molecule has 34 heavy (non-hydrogen) atoms. The van der Waals surface area contributed by atoms with Gasteiger partial charge in [0.05, 0.1) is 29.0 Å². The van der Waals surface area contributed by atoms with Crippen LogP contribution in [0.1, 0.15) is 51.7 Å². The van der Waals surface area contributed by atoms with Gasteiger partial charge < -0.3 is 14.8 Å². The summed E-state index contributed by atoms with van der Waals surface area (Å²) in [6, 6.07) is 19.8. The summed E-state index contributed by atoms with van der Waals surface area (Å²) in [6.07, 6.45) is 6.83. The third-order valence-corrected chi connectivity index (χ3v) is 8.61. The van der Waals surface area contributed by atoms with E-state index in [2.05, 4.69) is 59.4 Å². The van der Waals surface area contributed by atoms with Gasteiger partial charge in [0.25, 0.3) is 0 Å². The standard InChI is InChI=1S/C28H26ClN3OS/c1-18-12-14-19(15-13-18)26-24-10-6-16-31(24)27-21(20-7-2-5-11-25(20)34-27)17-32(26)28(33)30-23-9-4-3-8-22(23)29/h3-4,6,8-10,12-16,26H,2,5,7,11,17H2,1H3,(H,30,33)/t26-/m0/s1. The van der Waals surface area contributed by atoms with Crippen molar-refractivity contribution in [3.05, 3.63) is 105 Å². The molecule has 0 saturated carbocycles. The number of aryl methyl sites for hydroxylation is 2. The number of benzene rings is 2. The van der Waals surface area contributed by atoms with E-state index in [1.165, 1.54) is 39.4 Å². The number of anilines is 1. The molecule has 172 valence electrons. The number of carbonyl (C=O) groups excluding carboxylic acids is 1. The van der Waals surface area contributed by atoms with E-state index in [9.17, 15) is 4.79 Å². The highest BCUT2D eigenvalue weighted by molar-refractivity contribution is 7.15. The number of fused-ring (bicyclic) bond motifs is 5. The molecule has 1 aliphatic heterocycles. The first-order chi connectivity index (χ1) is 16.6. The van der Waals surface area contributed by atoms with Crippen molar-refractivity contribution in [1.29, 1.82) is 0 Å². The molecule has 1 atom stereocenters. The number of nitrogens with zero attached hydrogens (tertiary/aromatic N) is 2. The number of thiophene rings is 1. The number of carbonyl (C=O) groups is 1. The van der Waals surface area contributed by atoms with Crippen LogP contribution in [0.4, 0.5) is 10.5 Å². The lowest BCUT2D eigenvalue weighted by molar-refractivity contribution is 0.194. The predicted octanol–water partition coefficient (Wildman–Crippen LogP) is 7.52. The number of para-hydroxylation sites is 1. The molecular formula is C28H26ClN3OS. The van der Waals surface area contributed by atoms with Crippen LogP contribution in [0.5, 0.6) is 0 Å². The molecule has 2 aromatic carbocycles. The number of halogens is 1. The molecule has 4 aromatic rings. The smallest absolute Gasteiger partial charge is 0.310 e. The summed E-state index contributed by atoms with van der Waals surface area (Å²) in [4.78, 5) is 17.4. The molecule has 2 amide bonds. The zero-order valence-corrected chi connectivity index (χ0v) is 20.6. The molecular weight excluding hydrogens is 462 g/mol. The van der Waals surface area contributed by atoms with Crippen LogP contribution in [0, 0.1) is 6.92 Å². The maximum atomic E-state index is 13.9. The maximum absolute atomic E-state index is 13.9. The van der Waals surface area contributed by atoms with Gasteiger partial charge in [-0.15, -0.1) is 11.3 Å². The van der Waals surface area contributed by atoms with Gasteiger partial charge >= 0.3 is 6.03 Å². The Hall–Kier alpha value is -3.02. The molecule has 0 unspecified atom stereocenters. The van der Waals surface area contributed by atoms with E-state index in [1.54, 1.807) is 6.07 Å². The van der Waals surface area contributed by atoms with Crippen molar-refractivity contribution in [2.45, 2.75) is 45.2 Å². The third kappa shape index (κ3) is 3.64. The Morgan fingerprint density at radius 1 is 1.00 bits per heavy atom. The number of nitrogens with one attached hydrogen (secondary N) is 1. The van der Waals surface area contributed by atoms with Gasteiger partial charge in [0.15, 0.2) is 0 Å². The molecule has 0 radical (unpaired) electrons. The largest absolute Gasteiger partial charge is 0.323 e. The van der Waals surface area contributed by atoms with Crippen molar-refractivity contribution in [3.63, 3.8) is 0 Å². The second kappa shape index (κ2) is 8.64. The predicted molar refractivity (Wildman–Crippen MR) is 139 cm³/mol. The number of hydrogen-bond donors (Lipinski definition) is 1. The number of urea groups is 1. The fourth-order valence-electron chi connectivity index (χ4n) is 5.24. The van der Waals surface area contributed by atoms with E-state index >= 15 is 0 Å². The molecule has 6 rings (SSSR count). The summed E-state index contributed by atoms with van der Waals surface area (Å²) < 4.78 is 2.31. The van der Waals surface area contributed by atoms with E-state index in [0.717, 1.165) is 24.1 Å². The molecule has 0 bridgehead atoms. The zero-order valence-electron chi connectivity index (χ0n) is 19.1. The summed E-state index contributed by atoms with van der Waals surface area (Å²) in [5.74, 6) is 0. The van der Waals surface area contributed by atoms with Crippen LogP contribution < -0.4 is 5.32 Å². The molecule has 3 heterocycles. The quantitative estimate of drug-likeness (QED) is 0.312. The normalized spacial score (nSPS) is 16.9. The molecule has 2 aromatic heterocycles. The fraction of sp³-hybridized carbons (Fsp3) is 0.250. The Morgan fingerprint density at radius 3 is 2.62 bits per heavy atom. The third-order valence-electron chi connectivity index (χ3n) is 6.95. The number of rotatable bonds is 2. The first-order valence-corrected chi connectivity index (χ1v) is 13.0. The van der Waals surface area contributed by atoms with Crippen molar-refractivity contribution in [2.75, 3.05) is 5.32 Å². The minimum Gasteiger partial charge on any atom is -0.310 e. The number of hydrogen-bond acceptors (Lipinski definition) is 2. The molecule has 0 fully saturated rings. The average Bonchev–Trinajstić information content (AvgIpc) is 3.43. The maximum Gasteiger partial charge on any atom is 0.323 e. The van der Waals surface area contributed by atoms with Crippen LogP contribution in [-0.4, -0.2) is 15.5 Å². The summed E-state index contributed by atoms with van der Waals surface area (Å²) in [5, 5.41) is 4.89. The highest BCUT2D eigenvalue weighted by atomic mass is 35.5. The Bertz CT molecular complexity index is 1370. The van der Waals surface area contributed by atoms with Gasteiger partial charge in [-0.25, -0.2) is 4.79 Å². The minimum atomic E-state index is -0.211. The Morgan fingerprint density at radius 2 is 1.79 bits per heavy atom. The van der Waals surface area contributed by atoms with Crippen molar-refractivity contribution in [1.82, 2.24) is 9.47 Å². The van der Waals surface area contributed by atoms with Crippen LogP contribution in [0.2, 0.25) is 5.02 Å². The SMILES string of the molecule is Cc1ccc([C@H]2c3cccn3-c3sc4c(c3CN2C(=O)Nc2ccccc2Cl)CCCC4)cc1. The Labute approximate surface area is 208 Å². The highest BCUT2D eigenvalue weighted by Gasteiger charge is 2.36. The fourth-order valence-corrected chi connectivity index (χ4v) is 6.82. The first kappa shape index (κ1) is 21.5. The van der Waals surface area contributed by atoms with Gasteiger partial charge in [-0.2, -0.15) is 0 Å². The highest BCUT2D eigenvalue weighted by Crippen LogP contribution is 2.44. The molecule has 0 saturated heterocycles. The Balaban J connectivity index is 1.51. The molecule has 6 heteroatoms. The summed E-state index contributed by atoms with van der Waals surface area (Å²) in [5.41, 5.74) is 6.78. The van der Waals surface area contributed by atoms with Crippen molar-refractivity contribution in [3.8, 4) is 5.00 Å². The van der Waals surface area contributed by atoms with Crippen LogP contribution in [0.25, 0.3) is 5.00 Å². The zero-order chi connectivity index (χ0) is 23.2. The Kier molecular flexibility index (Phi) is 5.47. The van der Waals surface area contributed by atoms with E-state index < -0.39 is 0 Å². The minimum absolute atomic E-state index is 0.143. The number of amides is 2. The van der Waals surface area contributed by atoms with Gasteiger partial charge in [0.1, 0.15) is 5.00 Å². The van der Waals surface area contributed by atoms with Gasteiger partial charge in [-0.05, 0) is 68.0 Å². The molecule has 0 spiro atoms. The average molecular weight is 488 g/mol. The molecule has 4 nitrogen and oxygen atoms in total. The second-order valence-corrected chi connectivity index (χ2v) is 10.6. The molecule has 1 N–H and O–H groups in total. The van der Waals surface area contributed by atoms with E-state index in [4.69, 9.17) is 11.6 Å². The lowest BCUT2D eigenvalue weighted by atomic mass is 9.95. The molecule has 1 aliphatic carbocycles. The van der Waals surface area contributed by atoms with Gasteiger partial charge in [-0.3, -0.25) is 0 Å². The second-order valence-electron chi connectivity index (χ2n) is 9.15. The van der Waals surface area contributed by atoms with Crippen LogP contribution >= 0.6 is 22.9 Å². The first-order valence-electron chi connectivity index (χ1n) is 11.8. The summed E-state index contributed by atoms with van der Waals surface area (Å²) in [7, 11) is 0. The van der Waals surface area contributed by atoms with Crippen molar-refractivity contribution >= 4 is 34.7 Å². The topological polar surface area (TPSA) is 37.3 Å². The lowest BCUT2D eigenvalue weighted by Crippen LogP contribution is -2.38. The molecule has 2 aliphatic rings. The monoisotopic (exact) mass is 487 g/mol. The van der Waals surface area contributed by atoms with E-state index in [-0.39, 0.29) is 12.1 Å². The van der Waals surface area contributed by atoms with Crippen molar-refractivity contribution < 1.29 is 4.79 Å². The van der Waals surface area contributed by atoms with Crippen molar-refractivity contribution in [2.24, 2.45) is 0 Å². The van der Waals surface area contributed by atoms with E-state index in [1.807, 2.05) is 34.4 Å². The van der Waals surface area contributed by atoms with Gasteiger partial charge in [0.2, 0.25) is 0 Å².